The van der Waals surface area contributed by atoms with Gasteiger partial charge in [0, 0.05) is 0 Å². The second-order valence-electron chi connectivity index (χ2n) is 4.00. The van der Waals surface area contributed by atoms with E-state index in [1.165, 1.54) is 6.42 Å². The fourth-order valence-electron chi connectivity index (χ4n) is 2.07. The Morgan fingerprint density at radius 1 is 1.36 bits per heavy atom. The van der Waals surface area contributed by atoms with Crippen LogP contribution in [0.1, 0.15) is 33.1 Å². The number of hydrogen-bond acceptors (Lipinski definition) is 2. The van der Waals surface area contributed by atoms with E-state index in [0.29, 0.717) is 0 Å². The molecule has 1 N–H and O–H groups in total. The Morgan fingerprint density at radius 2 is 2.00 bits per heavy atom. The Labute approximate surface area is 68.6 Å². The van der Waals surface area contributed by atoms with Crippen LogP contribution in [0.25, 0.3) is 0 Å². The van der Waals surface area contributed by atoms with Gasteiger partial charge in [0.2, 0.25) is 0 Å². The lowest BCUT2D eigenvalue weighted by Crippen LogP contribution is -2.49. The monoisotopic (exact) mass is 152 g/mol. The van der Waals surface area contributed by atoms with Crippen LogP contribution in [-0.4, -0.2) is 12.6 Å². The third kappa shape index (κ3) is 1.04. The molecule has 1 aliphatic rings. The van der Waals surface area contributed by atoms with Crippen molar-refractivity contribution in [2.45, 2.75) is 38.6 Å². The fourth-order valence-corrected chi connectivity index (χ4v) is 2.07. The van der Waals surface area contributed by atoms with Crippen LogP contribution < -0.4 is 5.32 Å². The fraction of sp³-hybridized carbons (Fsp3) is 0.889. The highest BCUT2D eigenvalue weighted by atomic mass is 15.0. The van der Waals surface area contributed by atoms with Gasteiger partial charge in [-0.2, -0.15) is 5.26 Å². The van der Waals surface area contributed by atoms with Crippen molar-refractivity contribution in [3.8, 4) is 6.07 Å². The molecule has 0 aromatic rings. The Balaban J connectivity index is 2.93. The molecule has 0 radical (unpaired) electrons. The number of hydrogen-bond donors (Lipinski definition) is 1. The highest BCUT2D eigenvalue weighted by Gasteiger charge is 2.48. The van der Waals surface area contributed by atoms with Crippen LogP contribution >= 0.6 is 0 Å². The molecule has 1 saturated carbocycles. The summed E-state index contributed by atoms with van der Waals surface area (Å²) in [4.78, 5) is 0. The summed E-state index contributed by atoms with van der Waals surface area (Å²) in [6.07, 6.45) is 3.32. The zero-order valence-corrected chi connectivity index (χ0v) is 7.57. The van der Waals surface area contributed by atoms with E-state index in [2.05, 4.69) is 25.2 Å². The molecule has 11 heavy (non-hydrogen) atoms. The summed E-state index contributed by atoms with van der Waals surface area (Å²) >= 11 is 0. The molecule has 0 aromatic heterocycles. The van der Waals surface area contributed by atoms with Crippen molar-refractivity contribution in [2.24, 2.45) is 5.41 Å². The Bertz CT molecular complexity index is 190. The zero-order valence-electron chi connectivity index (χ0n) is 7.57. The predicted molar refractivity (Wildman–Crippen MR) is 45.0 cm³/mol. The van der Waals surface area contributed by atoms with E-state index in [4.69, 9.17) is 5.26 Å². The molecule has 0 aliphatic heterocycles. The van der Waals surface area contributed by atoms with Gasteiger partial charge in [0.1, 0.15) is 5.54 Å². The van der Waals surface area contributed by atoms with E-state index in [-0.39, 0.29) is 11.0 Å². The number of nitrogens with one attached hydrogen (secondary N) is 1. The van der Waals surface area contributed by atoms with E-state index in [9.17, 15) is 0 Å². The molecule has 0 spiro atoms. The maximum absolute atomic E-state index is 9.04. The minimum absolute atomic E-state index is 0.135. The van der Waals surface area contributed by atoms with Crippen molar-refractivity contribution >= 4 is 0 Å². The summed E-state index contributed by atoms with van der Waals surface area (Å²) < 4.78 is 0. The summed E-state index contributed by atoms with van der Waals surface area (Å²) in [7, 11) is 1.89. The lowest BCUT2D eigenvalue weighted by atomic mass is 9.76. The maximum Gasteiger partial charge on any atom is 0.111 e. The average Bonchev–Trinajstić information content (AvgIpc) is 2.26. The second kappa shape index (κ2) is 2.49. The molecule has 62 valence electrons. The molecule has 0 bridgehead atoms. The van der Waals surface area contributed by atoms with Gasteiger partial charge in [-0.25, -0.2) is 0 Å². The quantitative estimate of drug-likeness (QED) is 0.620. The van der Waals surface area contributed by atoms with Crippen LogP contribution in [0.2, 0.25) is 0 Å². The normalized spacial score (nSPS) is 35.1. The van der Waals surface area contributed by atoms with Crippen molar-refractivity contribution in [3.63, 3.8) is 0 Å². The van der Waals surface area contributed by atoms with Crippen molar-refractivity contribution in [2.75, 3.05) is 7.05 Å². The van der Waals surface area contributed by atoms with E-state index >= 15 is 0 Å². The minimum Gasteiger partial charge on any atom is -0.302 e. The largest absolute Gasteiger partial charge is 0.302 e. The molecule has 1 fully saturated rings. The first kappa shape index (κ1) is 8.55. The standard InChI is InChI=1S/C9H16N2/c1-8(2)5-4-6-9(8,7-10)11-3/h11H,4-6H2,1-3H3. The van der Waals surface area contributed by atoms with Crippen molar-refractivity contribution in [1.82, 2.24) is 5.32 Å². The number of nitriles is 1. The van der Waals surface area contributed by atoms with E-state index in [0.717, 1.165) is 12.8 Å². The van der Waals surface area contributed by atoms with Gasteiger partial charge in [0.05, 0.1) is 6.07 Å². The molecule has 1 unspecified atom stereocenters. The van der Waals surface area contributed by atoms with Crippen molar-refractivity contribution < 1.29 is 0 Å². The van der Waals surface area contributed by atoms with Gasteiger partial charge >= 0.3 is 0 Å². The van der Waals surface area contributed by atoms with Crippen molar-refractivity contribution in [1.29, 1.82) is 5.26 Å². The van der Waals surface area contributed by atoms with Crippen molar-refractivity contribution in [3.05, 3.63) is 0 Å². The van der Waals surface area contributed by atoms with E-state index in [1.807, 2.05) is 7.05 Å². The van der Waals surface area contributed by atoms with Gasteiger partial charge in [0.25, 0.3) is 0 Å². The van der Waals surface area contributed by atoms with Crippen LogP contribution in [0.15, 0.2) is 0 Å². The first-order valence-corrected chi connectivity index (χ1v) is 4.18. The smallest absolute Gasteiger partial charge is 0.111 e. The van der Waals surface area contributed by atoms with Gasteiger partial charge in [-0.15, -0.1) is 0 Å². The van der Waals surface area contributed by atoms with Crippen LogP contribution in [0.5, 0.6) is 0 Å². The highest BCUT2D eigenvalue weighted by molar-refractivity contribution is 5.17. The van der Waals surface area contributed by atoms with Gasteiger partial charge in [-0.05, 0) is 31.7 Å². The van der Waals surface area contributed by atoms with Crippen LogP contribution in [0, 0.1) is 16.7 Å². The van der Waals surface area contributed by atoms with Crippen LogP contribution in [0.4, 0.5) is 0 Å². The van der Waals surface area contributed by atoms with E-state index < -0.39 is 0 Å². The third-order valence-electron chi connectivity index (χ3n) is 3.13. The average molecular weight is 152 g/mol. The molecule has 2 heteroatoms. The molecule has 2 nitrogen and oxygen atoms in total. The topological polar surface area (TPSA) is 35.8 Å². The number of rotatable bonds is 1. The summed E-state index contributed by atoms with van der Waals surface area (Å²) in [6.45, 7) is 4.33. The molecule has 0 aromatic carbocycles. The SMILES string of the molecule is CNC1(C#N)CCCC1(C)C. The Morgan fingerprint density at radius 3 is 2.18 bits per heavy atom. The van der Waals surface area contributed by atoms with Crippen LogP contribution in [0.3, 0.4) is 0 Å². The third-order valence-corrected chi connectivity index (χ3v) is 3.13. The molecule has 0 amide bonds. The molecule has 1 aliphatic carbocycles. The summed E-state index contributed by atoms with van der Waals surface area (Å²) in [6, 6.07) is 2.41. The van der Waals surface area contributed by atoms with E-state index in [1.54, 1.807) is 0 Å². The van der Waals surface area contributed by atoms with Gasteiger partial charge in [-0.3, -0.25) is 0 Å². The molecule has 1 rings (SSSR count). The Hall–Kier alpha value is -0.550. The molecule has 1 atom stereocenters. The lowest BCUT2D eigenvalue weighted by Gasteiger charge is -2.34. The summed E-state index contributed by atoms with van der Waals surface area (Å²) in [5, 5.41) is 12.2. The minimum atomic E-state index is -0.271. The predicted octanol–water partition coefficient (Wildman–Crippen LogP) is 1.68. The highest BCUT2D eigenvalue weighted by Crippen LogP contribution is 2.45. The summed E-state index contributed by atoms with van der Waals surface area (Å²) in [5.74, 6) is 0. The van der Waals surface area contributed by atoms with Crippen LogP contribution in [-0.2, 0) is 0 Å². The second-order valence-corrected chi connectivity index (χ2v) is 4.00. The summed E-state index contributed by atoms with van der Waals surface area (Å²) in [5.41, 5.74) is -0.135. The zero-order chi connectivity index (χ0) is 8.54. The van der Waals surface area contributed by atoms with Gasteiger partial charge in [-0.1, -0.05) is 13.8 Å². The first-order chi connectivity index (χ1) is 5.08. The van der Waals surface area contributed by atoms with Gasteiger partial charge in [0.15, 0.2) is 0 Å². The number of nitrogens with zero attached hydrogens (tertiary/aromatic N) is 1. The molecular weight excluding hydrogens is 136 g/mol. The first-order valence-electron chi connectivity index (χ1n) is 4.18. The van der Waals surface area contributed by atoms with Gasteiger partial charge < -0.3 is 5.32 Å². The molecule has 0 heterocycles. The maximum atomic E-state index is 9.04. The molecular formula is C9H16N2. The lowest BCUT2D eigenvalue weighted by molar-refractivity contribution is 0.228. The Kier molecular flexibility index (Phi) is 1.94. The molecule has 0 saturated heterocycles.